The zero-order valence-electron chi connectivity index (χ0n) is 14.3. The summed E-state index contributed by atoms with van der Waals surface area (Å²) >= 11 is 0. The van der Waals surface area contributed by atoms with Crippen LogP contribution in [0.15, 0.2) is 54.7 Å². The van der Waals surface area contributed by atoms with Crippen LogP contribution in [-0.4, -0.2) is 27.1 Å². The number of rotatable bonds is 6. The number of amides is 1. The zero-order valence-corrected chi connectivity index (χ0v) is 14.3. The lowest BCUT2D eigenvalue weighted by Crippen LogP contribution is -2.31. The molecule has 4 heteroatoms. The summed E-state index contributed by atoms with van der Waals surface area (Å²) in [5, 5.41) is 5.54. The molecule has 1 aromatic heterocycles. The SMILES string of the molecule is CCN(Cc1ccccc1)C(=O)CCn1ncc2ccc(C)cc21. The van der Waals surface area contributed by atoms with Crippen LogP contribution in [0.2, 0.25) is 0 Å². The van der Waals surface area contributed by atoms with Gasteiger partial charge in [0.1, 0.15) is 0 Å². The molecule has 3 rings (SSSR count). The van der Waals surface area contributed by atoms with Gasteiger partial charge in [-0.25, -0.2) is 0 Å². The third kappa shape index (κ3) is 3.65. The molecule has 1 amide bonds. The van der Waals surface area contributed by atoms with Crippen molar-refractivity contribution in [3.63, 3.8) is 0 Å². The molecule has 1 heterocycles. The summed E-state index contributed by atoms with van der Waals surface area (Å²) in [6.45, 7) is 6.08. The minimum absolute atomic E-state index is 0.164. The Morgan fingerprint density at radius 3 is 2.71 bits per heavy atom. The molecule has 0 atom stereocenters. The highest BCUT2D eigenvalue weighted by Crippen LogP contribution is 2.16. The number of aryl methyl sites for hydroxylation is 2. The Bertz CT molecular complexity index is 823. The summed E-state index contributed by atoms with van der Waals surface area (Å²) in [6.07, 6.45) is 2.33. The van der Waals surface area contributed by atoms with Crippen molar-refractivity contribution in [2.75, 3.05) is 6.54 Å². The first kappa shape index (κ1) is 16.2. The largest absolute Gasteiger partial charge is 0.339 e. The quantitative estimate of drug-likeness (QED) is 0.693. The normalized spacial score (nSPS) is 10.9. The number of benzene rings is 2. The minimum Gasteiger partial charge on any atom is -0.339 e. The number of nitrogens with zero attached hydrogens (tertiary/aromatic N) is 3. The zero-order chi connectivity index (χ0) is 16.9. The van der Waals surface area contributed by atoms with Crippen molar-refractivity contribution in [3.8, 4) is 0 Å². The summed E-state index contributed by atoms with van der Waals surface area (Å²) in [4.78, 5) is 14.5. The topological polar surface area (TPSA) is 38.1 Å². The lowest BCUT2D eigenvalue weighted by Gasteiger charge is -2.21. The molecule has 0 saturated carbocycles. The number of hydrogen-bond donors (Lipinski definition) is 0. The average molecular weight is 321 g/mol. The summed E-state index contributed by atoms with van der Waals surface area (Å²) in [5.74, 6) is 0.164. The Morgan fingerprint density at radius 2 is 1.96 bits per heavy atom. The van der Waals surface area contributed by atoms with Crippen LogP contribution < -0.4 is 0 Å². The monoisotopic (exact) mass is 321 g/mol. The predicted molar refractivity (Wildman–Crippen MR) is 96.6 cm³/mol. The fourth-order valence-electron chi connectivity index (χ4n) is 2.90. The van der Waals surface area contributed by atoms with Crippen molar-refractivity contribution in [2.24, 2.45) is 0 Å². The van der Waals surface area contributed by atoms with E-state index in [1.807, 2.05) is 40.9 Å². The first-order valence-electron chi connectivity index (χ1n) is 8.41. The van der Waals surface area contributed by atoms with Crippen LogP contribution in [-0.2, 0) is 17.9 Å². The molecule has 4 nitrogen and oxygen atoms in total. The van der Waals surface area contributed by atoms with Crippen molar-refractivity contribution in [2.45, 2.75) is 33.4 Å². The highest BCUT2D eigenvalue weighted by molar-refractivity contribution is 5.80. The van der Waals surface area contributed by atoms with Crippen LogP contribution in [0.3, 0.4) is 0 Å². The van der Waals surface area contributed by atoms with E-state index in [-0.39, 0.29) is 5.91 Å². The second-order valence-electron chi connectivity index (χ2n) is 6.07. The summed E-state index contributed by atoms with van der Waals surface area (Å²) < 4.78 is 1.93. The van der Waals surface area contributed by atoms with E-state index in [4.69, 9.17) is 0 Å². The van der Waals surface area contributed by atoms with Gasteiger partial charge >= 0.3 is 0 Å². The van der Waals surface area contributed by atoms with Gasteiger partial charge in [0.2, 0.25) is 5.91 Å². The van der Waals surface area contributed by atoms with E-state index in [1.54, 1.807) is 0 Å². The van der Waals surface area contributed by atoms with Crippen molar-refractivity contribution < 1.29 is 4.79 Å². The Kier molecular flexibility index (Phi) is 4.94. The number of carbonyl (C=O) groups excluding carboxylic acids is 1. The lowest BCUT2D eigenvalue weighted by molar-refractivity contribution is -0.131. The number of hydrogen-bond acceptors (Lipinski definition) is 2. The van der Waals surface area contributed by atoms with E-state index in [0.717, 1.165) is 16.5 Å². The van der Waals surface area contributed by atoms with Gasteiger partial charge in [0.05, 0.1) is 18.3 Å². The Balaban J connectivity index is 1.66. The van der Waals surface area contributed by atoms with Crippen LogP contribution in [0, 0.1) is 6.92 Å². The summed E-state index contributed by atoms with van der Waals surface area (Å²) in [7, 11) is 0. The van der Waals surface area contributed by atoms with Gasteiger partial charge in [-0.05, 0) is 31.0 Å². The van der Waals surface area contributed by atoms with Crippen LogP contribution >= 0.6 is 0 Å². The van der Waals surface area contributed by atoms with Gasteiger partial charge < -0.3 is 4.90 Å². The third-order valence-corrected chi connectivity index (χ3v) is 4.29. The smallest absolute Gasteiger partial charge is 0.224 e. The van der Waals surface area contributed by atoms with E-state index in [2.05, 4.69) is 42.4 Å². The van der Waals surface area contributed by atoms with E-state index in [1.165, 1.54) is 5.56 Å². The number of carbonyl (C=O) groups is 1. The summed E-state index contributed by atoms with van der Waals surface area (Å²) in [5.41, 5.74) is 3.46. The van der Waals surface area contributed by atoms with Gasteiger partial charge in [-0.1, -0.05) is 42.5 Å². The number of aromatic nitrogens is 2. The molecule has 0 unspecified atom stereocenters. The molecule has 2 aromatic carbocycles. The fraction of sp³-hybridized carbons (Fsp3) is 0.300. The van der Waals surface area contributed by atoms with Crippen LogP contribution in [0.25, 0.3) is 10.9 Å². The molecule has 0 saturated heterocycles. The molecule has 0 spiro atoms. The molecule has 0 radical (unpaired) electrons. The fourth-order valence-corrected chi connectivity index (χ4v) is 2.90. The second-order valence-corrected chi connectivity index (χ2v) is 6.07. The first-order chi connectivity index (χ1) is 11.7. The molecular formula is C20H23N3O. The number of fused-ring (bicyclic) bond motifs is 1. The van der Waals surface area contributed by atoms with Gasteiger partial charge in [-0.15, -0.1) is 0 Å². The van der Waals surface area contributed by atoms with Gasteiger partial charge in [0, 0.05) is 24.9 Å². The minimum atomic E-state index is 0.164. The first-order valence-corrected chi connectivity index (χ1v) is 8.41. The maximum Gasteiger partial charge on any atom is 0.224 e. The molecule has 124 valence electrons. The van der Waals surface area contributed by atoms with Gasteiger partial charge in [-0.2, -0.15) is 5.10 Å². The van der Waals surface area contributed by atoms with Crippen LogP contribution in [0.4, 0.5) is 0 Å². The van der Waals surface area contributed by atoms with E-state index >= 15 is 0 Å². The molecule has 0 N–H and O–H groups in total. The predicted octanol–water partition coefficient (Wildman–Crippen LogP) is 3.78. The Labute approximate surface area is 142 Å². The van der Waals surface area contributed by atoms with Crippen molar-refractivity contribution in [3.05, 3.63) is 65.9 Å². The second kappa shape index (κ2) is 7.30. The van der Waals surface area contributed by atoms with Gasteiger partial charge in [0.15, 0.2) is 0 Å². The highest BCUT2D eigenvalue weighted by Gasteiger charge is 2.13. The molecular weight excluding hydrogens is 298 g/mol. The Hall–Kier alpha value is -2.62. The maximum atomic E-state index is 12.6. The molecule has 3 aromatic rings. The van der Waals surface area contributed by atoms with E-state index in [9.17, 15) is 4.79 Å². The van der Waals surface area contributed by atoms with Gasteiger partial charge in [-0.3, -0.25) is 9.48 Å². The highest BCUT2D eigenvalue weighted by atomic mass is 16.2. The average Bonchev–Trinajstić information content (AvgIpc) is 3.00. The summed E-state index contributed by atoms with van der Waals surface area (Å²) in [6, 6.07) is 16.4. The molecule has 0 aliphatic rings. The lowest BCUT2D eigenvalue weighted by atomic mass is 10.2. The van der Waals surface area contributed by atoms with E-state index < -0.39 is 0 Å². The van der Waals surface area contributed by atoms with E-state index in [0.29, 0.717) is 26.1 Å². The molecule has 0 aliphatic heterocycles. The van der Waals surface area contributed by atoms with Gasteiger partial charge in [0.25, 0.3) is 0 Å². The third-order valence-electron chi connectivity index (χ3n) is 4.29. The van der Waals surface area contributed by atoms with Crippen molar-refractivity contribution in [1.29, 1.82) is 0 Å². The maximum absolute atomic E-state index is 12.6. The molecule has 0 bridgehead atoms. The van der Waals surface area contributed by atoms with Crippen LogP contribution in [0.5, 0.6) is 0 Å². The molecule has 24 heavy (non-hydrogen) atoms. The Morgan fingerprint density at radius 1 is 1.17 bits per heavy atom. The molecule has 0 aliphatic carbocycles. The van der Waals surface area contributed by atoms with Crippen molar-refractivity contribution >= 4 is 16.8 Å². The molecule has 0 fully saturated rings. The van der Waals surface area contributed by atoms with Crippen molar-refractivity contribution in [1.82, 2.24) is 14.7 Å². The van der Waals surface area contributed by atoms with Crippen LogP contribution in [0.1, 0.15) is 24.5 Å². The standard InChI is InChI=1S/C20H23N3O/c1-3-22(15-17-7-5-4-6-8-17)20(24)11-12-23-19-13-16(2)9-10-18(19)14-21-23/h4-10,13-14H,3,11-12,15H2,1-2H3.